The molecule has 6 nitrogen and oxygen atoms in total. The van der Waals surface area contributed by atoms with Crippen molar-refractivity contribution in [2.24, 2.45) is 0 Å². The van der Waals surface area contributed by atoms with Crippen LogP contribution in [0.3, 0.4) is 0 Å². The third-order valence-corrected chi connectivity index (χ3v) is 7.07. The lowest BCUT2D eigenvalue weighted by Gasteiger charge is -2.36. The number of aromatic nitrogens is 2. The monoisotopic (exact) mass is 462 g/mol. The van der Waals surface area contributed by atoms with E-state index in [-0.39, 0.29) is 23.8 Å². The van der Waals surface area contributed by atoms with Gasteiger partial charge in [-0.3, -0.25) is 4.79 Å². The molecule has 5 rings (SSSR count). The van der Waals surface area contributed by atoms with Crippen LogP contribution in [-0.2, 0) is 6.42 Å². The summed E-state index contributed by atoms with van der Waals surface area (Å²) in [6.07, 6.45) is 5.39. The Morgan fingerprint density at radius 2 is 1.94 bits per heavy atom. The number of nitrogens with one attached hydrogen (secondary N) is 1. The Kier molecular flexibility index (Phi) is 6.74. The van der Waals surface area contributed by atoms with Crippen molar-refractivity contribution in [3.8, 4) is 11.3 Å². The summed E-state index contributed by atoms with van der Waals surface area (Å²) in [6.45, 7) is 2.00. The van der Waals surface area contributed by atoms with Gasteiger partial charge in [0.2, 0.25) is 0 Å². The number of aliphatic hydroxyl groups excluding tert-OH is 1. The van der Waals surface area contributed by atoms with Crippen LogP contribution in [0.1, 0.15) is 47.8 Å². The Hall–Kier alpha value is -3.03. The molecule has 0 radical (unpaired) electrons. The van der Waals surface area contributed by atoms with E-state index in [2.05, 4.69) is 22.4 Å². The van der Waals surface area contributed by atoms with E-state index < -0.39 is 6.10 Å². The third kappa shape index (κ3) is 4.63. The van der Waals surface area contributed by atoms with Crippen LogP contribution >= 0.6 is 0 Å². The molecular weight excluding hydrogens is 431 g/mol. The Balaban J connectivity index is 1.52. The summed E-state index contributed by atoms with van der Waals surface area (Å²) in [6, 6.07) is 16.3. The van der Waals surface area contributed by atoms with Crippen molar-refractivity contribution in [1.82, 2.24) is 19.8 Å². The zero-order valence-electron chi connectivity index (χ0n) is 19.2. The molecule has 2 heterocycles. The number of imidazole rings is 1. The van der Waals surface area contributed by atoms with E-state index >= 15 is 0 Å². The number of piperazine rings is 1. The fourth-order valence-corrected chi connectivity index (χ4v) is 5.34. The second-order valence-corrected chi connectivity index (χ2v) is 9.32. The number of carbonyl (C=O) groups is 1. The van der Waals surface area contributed by atoms with Crippen LogP contribution in [0.4, 0.5) is 4.39 Å². The molecule has 1 aromatic heterocycles. The van der Waals surface area contributed by atoms with Crippen LogP contribution in [0.5, 0.6) is 0 Å². The van der Waals surface area contributed by atoms with Crippen molar-refractivity contribution in [3.63, 3.8) is 0 Å². The van der Waals surface area contributed by atoms with Crippen molar-refractivity contribution >= 4 is 5.91 Å². The minimum atomic E-state index is -0.511. The van der Waals surface area contributed by atoms with Crippen molar-refractivity contribution in [2.45, 2.75) is 50.3 Å². The van der Waals surface area contributed by atoms with E-state index in [1.807, 2.05) is 33.7 Å². The summed E-state index contributed by atoms with van der Waals surface area (Å²) in [5.41, 5.74) is 2.69. The van der Waals surface area contributed by atoms with Gasteiger partial charge in [-0.1, -0.05) is 55.3 Å². The van der Waals surface area contributed by atoms with Crippen molar-refractivity contribution in [1.29, 1.82) is 0 Å². The van der Waals surface area contributed by atoms with Gasteiger partial charge >= 0.3 is 0 Å². The number of nitrogens with zero attached hydrogens (tertiary/aromatic N) is 3. The molecule has 1 saturated carbocycles. The molecule has 0 unspecified atom stereocenters. The van der Waals surface area contributed by atoms with Gasteiger partial charge in [0.05, 0.1) is 24.2 Å². The maximum absolute atomic E-state index is 14.2. The number of aliphatic hydroxyl groups is 1. The summed E-state index contributed by atoms with van der Waals surface area (Å²) < 4.78 is 16.1. The summed E-state index contributed by atoms with van der Waals surface area (Å²) in [7, 11) is 0. The number of benzene rings is 2. The van der Waals surface area contributed by atoms with Crippen LogP contribution in [-0.4, -0.2) is 57.2 Å². The van der Waals surface area contributed by atoms with Gasteiger partial charge in [0.1, 0.15) is 5.82 Å². The maximum Gasteiger partial charge on any atom is 0.275 e. The lowest BCUT2D eigenvalue weighted by atomic mass is 9.92. The standard InChI is InChI=1S/C27H31FN4O2/c28-21-10-6-9-20(16-21)26-25(30-18-32(26)23-11-4-5-12-24(23)33)27(34)31-14-13-29-17-22(31)15-19-7-2-1-3-8-19/h1-3,6-10,16,18,22-24,29,33H,4-5,11-15,17H2/t22-,23+,24+/m1/s1. The number of hydrogen-bond acceptors (Lipinski definition) is 4. The van der Waals surface area contributed by atoms with E-state index in [1.165, 1.54) is 17.7 Å². The minimum Gasteiger partial charge on any atom is -0.391 e. The molecule has 3 atom stereocenters. The molecule has 0 spiro atoms. The number of rotatable bonds is 5. The first-order valence-corrected chi connectivity index (χ1v) is 12.2. The van der Waals surface area contributed by atoms with Crippen LogP contribution in [0.25, 0.3) is 11.3 Å². The average Bonchev–Trinajstić information content (AvgIpc) is 3.30. The number of halogens is 1. The number of hydrogen-bond donors (Lipinski definition) is 2. The topological polar surface area (TPSA) is 70.4 Å². The summed E-state index contributed by atoms with van der Waals surface area (Å²) >= 11 is 0. The van der Waals surface area contributed by atoms with Gasteiger partial charge in [-0.05, 0) is 37.0 Å². The maximum atomic E-state index is 14.2. The Bertz CT molecular complexity index is 1130. The highest BCUT2D eigenvalue weighted by Crippen LogP contribution is 2.35. The zero-order chi connectivity index (χ0) is 23.5. The Morgan fingerprint density at radius 3 is 2.74 bits per heavy atom. The lowest BCUT2D eigenvalue weighted by molar-refractivity contribution is 0.0629. The van der Waals surface area contributed by atoms with E-state index in [4.69, 9.17) is 0 Å². The van der Waals surface area contributed by atoms with E-state index in [0.717, 1.165) is 25.7 Å². The summed E-state index contributed by atoms with van der Waals surface area (Å²) in [4.78, 5) is 20.4. The van der Waals surface area contributed by atoms with Crippen molar-refractivity contribution in [3.05, 3.63) is 78.0 Å². The highest BCUT2D eigenvalue weighted by molar-refractivity contribution is 5.98. The van der Waals surface area contributed by atoms with Gasteiger partial charge < -0.3 is 19.9 Å². The first kappa shape index (κ1) is 22.7. The Labute approximate surface area is 199 Å². The smallest absolute Gasteiger partial charge is 0.275 e. The molecule has 0 bridgehead atoms. The molecule has 1 aliphatic carbocycles. The second kappa shape index (κ2) is 10.1. The first-order chi connectivity index (χ1) is 16.6. The van der Waals surface area contributed by atoms with Crippen molar-refractivity contribution < 1.29 is 14.3 Å². The lowest BCUT2D eigenvalue weighted by Crippen LogP contribution is -2.54. The zero-order valence-corrected chi connectivity index (χ0v) is 19.2. The molecule has 1 amide bonds. The molecular formula is C27H31FN4O2. The van der Waals surface area contributed by atoms with Gasteiger partial charge in [0, 0.05) is 31.2 Å². The highest BCUT2D eigenvalue weighted by atomic mass is 19.1. The normalized spacial score (nSPS) is 23.1. The van der Waals surface area contributed by atoms with E-state index in [0.29, 0.717) is 43.0 Å². The largest absolute Gasteiger partial charge is 0.391 e. The fourth-order valence-electron chi connectivity index (χ4n) is 5.34. The van der Waals surface area contributed by atoms with E-state index in [1.54, 1.807) is 12.4 Å². The second-order valence-electron chi connectivity index (χ2n) is 9.32. The molecule has 2 fully saturated rings. The predicted molar refractivity (Wildman–Crippen MR) is 129 cm³/mol. The SMILES string of the molecule is O=C(c1ncn([C@H]2CCCC[C@@H]2O)c1-c1cccc(F)c1)N1CCNC[C@H]1Cc1ccccc1. The minimum absolute atomic E-state index is 0.00516. The van der Waals surface area contributed by atoms with Gasteiger partial charge in [-0.25, -0.2) is 9.37 Å². The molecule has 2 aliphatic rings. The number of carbonyl (C=O) groups excluding carboxylic acids is 1. The molecule has 3 aromatic rings. The van der Waals surface area contributed by atoms with Gasteiger partial charge in [-0.2, -0.15) is 0 Å². The van der Waals surface area contributed by atoms with Crippen molar-refractivity contribution in [2.75, 3.05) is 19.6 Å². The average molecular weight is 463 g/mol. The molecule has 1 saturated heterocycles. The molecule has 34 heavy (non-hydrogen) atoms. The summed E-state index contributed by atoms with van der Waals surface area (Å²) in [5, 5.41) is 14.1. The molecule has 178 valence electrons. The molecule has 7 heteroatoms. The fraction of sp³-hybridized carbons (Fsp3) is 0.407. The molecule has 2 aromatic carbocycles. The van der Waals surface area contributed by atoms with Crippen LogP contribution in [0.15, 0.2) is 60.9 Å². The third-order valence-electron chi connectivity index (χ3n) is 7.07. The van der Waals surface area contributed by atoms with Gasteiger partial charge in [-0.15, -0.1) is 0 Å². The van der Waals surface area contributed by atoms with E-state index in [9.17, 15) is 14.3 Å². The number of amides is 1. The Morgan fingerprint density at radius 1 is 1.12 bits per heavy atom. The predicted octanol–water partition coefficient (Wildman–Crippen LogP) is 3.82. The van der Waals surface area contributed by atoms with Crippen LogP contribution in [0, 0.1) is 5.82 Å². The highest BCUT2D eigenvalue weighted by Gasteiger charge is 2.34. The molecule has 2 N–H and O–H groups in total. The molecule has 1 aliphatic heterocycles. The van der Waals surface area contributed by atoms with Gasteiger partial charge in [0.25, 0.3) is 5.91 Å². The van der Waals surface area contributed by atoms with Gasteiger partial charge in [0.15, 0.2) is 5.69 Å². The summed E-state index contributed by atoms with van der Waals surface area (Å²) in [5.74, 6) is -0.511. The first-order valence-electron chi connectivity index (χ1n) is 12.2. The quantitative estimate of drug-likeness (QED) is 0.605. The van der Waals surface area contributed by atoms with Crippen LogP contribution in [0.2, 0.25) is 0 Å². The van der Waals surface area contributed by atoms with Crippen LogP contribution < -0.4 is 5.32 Å².